The molecule has 49 heavy (non-hydrogen) atoms. The molecule has 2 atom stereocenters. The number of benzene rings is 3. The van der Waals surface area contributed by atoms with Gasteiger partial charge in [0.1, 0.15) is 42.7 Å². The van der Waals surface area contributed by atoms with Crippen molar-refractivity contribution in [3.63, 3.8) is 0 Å². The predicted molar refractivity (Wildman–Crippen MR) is 209 cm³/mol. The zero-order chi connectivity index (χ0) is 33.5. The Balaban J connectivity index is 0.000000255. The van der Waals surface area contributed by atoms with Gasteiger partial charge in [-0.15, -0.1) is 0 Å². The van der Waals surface area contributed by atoms with Crippen molar-refractivity contribution in [3.8, 4) is 11.4 Å². The lowest BCUT2D eigenvalue weighted by Crippen LogP contribution is -2.34. The van der Waals surface area contributed by atoms with E-state index in [0.717, 1.165) is 24.3 Å². The summed E-state index contributed by atoms with van der Waals surface area (Å²) < 4.78 is 9.00. The molecule has 0 N–H and O–H groups in total. The second kappa shape index (κ2) is 18.2. The molecule has 1 aliphatic carbocycles. The summed E-state index contributed by atoms with van der Waals surface area (Å²) in [7, 11) is 0. The van der Waals surface area contributed by atoms with Gasteiger partial charge >= 0.3 is 0 Å². The number of aromatic nitrogens is 4. The van der Waals surface area contributed by atoms with Gasteiger partial charge in [0.15, 0.2) is 0 Å². The van der Waals surface area contributed by atoms with Crippen LogP contribution < -0.4 is 9.13 Å². The van der Waals surface area contributed by atoms with E-state index in [-0.39, 0.29) is 14.9 Å². The van der Waals surface area contributed by atoms with Crippen molar-refractivity contribution in [2.75, 3.05) is 0 Å². The molecule has 0 aliphatic heterocycles. The lowest BCUT2D eigenvalue weighted by atomic mass is 9.93. The number of hydrogen-bond donors (Lipinski definition) is 0. The third kappa shape index (κ3) is 10.8. The Labute approximate surface area is 299 Å². The van der Waals surface area contributed by atoms with Gasteiger partial charge in [0.05, 0.1) is 6.54 Å². The Morgan fingerprint density at radius 3 is 1.43 bits per heavy atom. The highest BCUT2D eigenvalue weighted by Gasteiger charge is 2.28. The van der Waals surface area contributed by atoms with Crippen molar-refractivity contribution in [1.82, 2.24) is 9.13 Å². The molecule has 4 heteroatoms. The summed E-state index contributed by atoms with van der Waals surface area (Å²) in [6, 6.07) is 26.7. The van der Waals surface area contributed by atoms with Crippen LogP contribution in [0.5, 0.6) is 0 Å². The molecule has 2 aromatic heterocycles. The van der Waals surface area contributed by atoms with Crippen molar-refractivity contribution < 1.29 is 9.13 Å². The fourth-order valence-corrected chi connectivity index (χ4v) is 6.76. The predicted octanol–water partition coefficient (Wildman–Crippen LogP) is 11.3. The van der Waals surface area contributed by atoms with E-state index in [2.05, 4.69) is 184 Å². The molecule has 6 rings (SSSR count). The van der Waals surface area contributed by atoms with Crippen LogP contribution in [0, 0.1) is 17.8 Å². The number of rotatable bonds is 10. The van der Waals surface area contributed by atoms with E-state index in [9.17, 15) is 0 Å². The van der Waals surface area contributed by atoms with Crippen LogP contribution in [0.25, 0.3) is 11.4 Å². The van der Waals surface area contributed by atoms with Crippen LogP contribution in [0.4, 0.5) is 0 Å². The van der Waals surface area contributed by atoms with Crippen molar-refractivity contribution in [2.45, 2.75) is 120 Å². The standard InChI is InChI=1S/C22H27N2.C21H31N2.2CH4/c1-17(2)20-7-5-19(6-8-20)15-23-13-14-24(16-23)22-11-9-21(10-12-22)18(3)4;1-16(2)19-7-9-21(10-8-19)23-12-11-22(15-23)14-18-5-6-20(13-18)17(3)4;;/h5-14,16-18H,15H2,1-4H3;7-12,15-18,20H,5-6,13-14H2,1-4H3;2*1H4/q2*+1;;. The van der Waals surface area contributed by atoms with Crippen LogP contribution in [-0.2, 0) is 13.1 Å². The minimum absolute atomic E-state index is 0. The van der Waals surface area contributed by atoms with Gasteiger partial charge in [-0.2, -0.15) is 0 Å². The highest BCUT2D eigenvalue weighted by atomic mass is 15.1. The molecule has 1 fully saturated rings. The van der Waals surface area contributed by atoms with Gasteiger partial charge < -0.3 is 0 Å². The summed E-state index contributed by atoms with van der Waals surface area (Å²) in [4.78, 5) is 0. The summed E-state index contributed by atoms with van der Waals surface area (Å²) in [5.41, 5.74) is 7.96. The highest BCUT2D eigenvalue weighted by Crippen LogP contribution is 2.35. The van der Waals surface area contributed by atoms with Gasteiger partial charge in [0.25, 0.3) is 0 Å². The van der Waals surface area contributed by atoms with Crippen molar-refractivity contribution >= 4 is 0 Å². The van der Waals surface area contributed by atoms with E-state index in [1.807, 2.05) is 0 Å². The van der Waals surface area contributed by atoms with Gasteiger partial charge in [0, 0.05) is 0 Å². The maximum atomic E-state index is 2.37. The highest BCUT2D eigenvalue weighted by molar-refractivity contribution is 5.36. The molecule has 1 saturated carbocycles. The SMILES string of the molecule is C.C.CC(C)c1ccc(-n2cc[n+](CC3CCC(C(C)C)C3)c2)cc1.CC(C)c1ccc(C[n+]2ccn(-c3ccc(C(C)C)cc3)c2)cc1. The summed E-state index contributed by atoms with van der Waals surface area (Å²) in [5.74, 6) is 4.38. The van der Waals surface area contributed by atoms with Gasteiger partial charge in [-0.1, -0.05) is 119 Å². The molecule has 2 unspecified atom stereocenters. The molecule has 264 valence electrons. The number of nitrogens with zero attached hydrogens (tertiary/aromatic N) is 4. The Morgan fingerprint density at radius 2 is 1.00 bits per heavy atom. The minimum Gasteiger partial charge on any atom is -0.236 e. The Hall–Kier alpha value is -3.92. The van der Waals surface area contributed by atoms with Crippen LogP contribution in [-0.4, -0.2) is 9.13 Å². The molecule has 5 aromatic rings. The van der Waals surface area contributed by atoms with Crippen molar-refractivity contribution in [3.05, 3.63) is 132 Å². The van der Waals surface area contributed by atoms with E-state index in [1.165, 1.54) is 59.4 Å². The van der Waals surface area contributed by atoms with E-state index in [0.29, 0.717) is 17.8 Å². The molecule has 3 aromatic carbocycles. The monoisotopic (exact) mass is 663 g/mol. The molecule has 1 aliphatic rings. The molecule has 0 bridgehead atoms. The first-order chi connectivity index (χ1) is 22.5. The first-order valence-electron chi connectivity index (χ1n) is 18.0. The largest absolute Gasteiger partial charge is 0.249 e. The number of imidazole rings is 2. The summed E-state index contributed by atoms with van der Waals surface area (Å²) >= 11 is 0. The average molecular weight is 663 g/mol. The first-order valence-corrected chi connectivity index (χ1v) is 18.0. The number of hydrogen-bond acceptors (Lipinski definition) is 0. The van der Waals surface area contributed by atoms with Gasteiger partial charge in [-0.3, -0.25) is 0 Å². The zero-order valence-electron chi connectivity index (χ0n) is 30.2. The molecule has 2 heterocycles. The quantitative estimate of drug-likeness (QED) is 0.132. The lowest BCUT2D eigenvalue weighted by Gasteiger charge is -2.13. The molecule has 0 radical (unpaired) electrons. The van der Waals surface area contributed by atoms with E-state index in [4.69, 9.17) is 0 Å². The van der Waals surface area contributed by atoms with Crippen LogP contribution in [0.15, 0.2) is 110 Å². The second-order valence-corrected chi connectivity index (χ2v) is 15.1. The molecule has 4 nitrogen and oxygen atoms in total. The minimum atomic E-state index is 0. The van der Waals surface area contributed by atoms with Gasteiger partial charge in [0.2, 0.25) is 12.7 Å². The summed E-state index contributed by atoms with van der Waals surface area (Å²) in [5, 5.41) is 0. The Kier molecular flexibility index (Phi) is 14.7. The topological polar surface area (TPSA) is 17.6 Å². The van der Waals surface area contributed by atoms with Crippen LogP contribution in [0.3, 0.4) is 0 Å². The molecule has 0 saturated heterocycles. The van der Waals surface area contributed by atoms with E-state index >= 15 is 0 Å². The van der Waals surface area contributed by atoms with Gasteiger partial charge in [-0.25, -0.2) is 18.3 Å². The normalized spacial score (nSPS) is 15.7. The van der Waals surface area contributed by atoms with E-state index in [1.54, 1.807) is 0 Å². The molecular weight excluding hydrogens is 597 g/mol. The summed E-state index contributed by atoms with van der Waals surface area (Å²) in [6.07, 6.45) is 17.3. The van der Waals surface area contributed by atoms with Crippen LogP contribution in [0.2, 0.25) is 0 Å². The van der Waals surface area contributed by atoms with Crippen molar-refractivity contribution in [1.29, 1.82) is 0 Å². The smallest absolute Gasteiger partial charge is 0.236 e. The molecular formula is C45H66N4+2. The lowest BCUT2D eigenvalue weighted by molar-refractivity contribution is -0.702. The first kappa shape index (κ1) is 39.5. The maximum absolute atomic E-state index is 2.37. The van der Waals surface area contributed by atoms with Gasteiger partial charge in [-0.05, 0) is 101 Å². The Bertz CT molecular complexity index is 1650. The van der Waals surface area contributed by atoms with E-state index < -0.39 is 0 Å². The summed E-state index contributed by atoms with van der Waals surface area (Å²) in [6.45, 7) is 20.2. The Morgan fingerprint density at radius 1 is 0.571 bits per heavy atom. The maximum Gasteiger partial charge on any atom is 0.249 e. The molecule has 0 amide bonds. The fraction of sp³-hybridized carbons (Fsp3) is 0.467. The average Bonchev–Trinajstić information content (AvgIpc) is 3.84. The third-order valence-electron chi connectivity index (χ3n) is 10.1. The van der Waals surface area contributed by atoms with Crippen molar-refractivity contribution in [2.24, 2.45) is 17.8 Å². The van der Waals surface area contributed by atoms with Crippen LogP contribution in [0.1, 0.15) is 130 Å². The fourth-order valence-electron chi connectivity index (χ4n) is 6.76. The molecule has 0 spiro atoms. The second-order valence-electron chi connectivity index (χ2n) is 15.1. The zero-order valence-corrected chi connectivity index (χ0v) is 30.2. The third-order valence-corrected chi connectivity index (χ3v) is 10.1. The van der Waals surface area contributed by atoms with Crippen LogP contribution >= 0.6 is 0 Å².